The highest BCUT2D eigenvalue weighted by Gasteiger charge is 2.17. The third kappa shape index (κ3) is 3.64. The fourth-order valence-electron chi connectivity index (χ4n) is 2.87. The van der Waals surface area contributed by atoms with Gasteiger partial charge in [0.2, 0.25) is 5.91 Å². The molecule has 120 valence electrons. The van der Waals surface area contributed by atoms with E-state index in [4.69, 9.17) is 11.6 Å². The third-order valence-corrected chi connectivity index (χ3v) is 4.38. The monoisotopic (exact) mass is 332 g/mol. The summed E-state index contributed by atoms with van der Waals surface area (Å²) in [6.07, 6.45) is 2.24. The molecule has 1 fully saturated rings. The zero-order valence-corrected chi connectivity index (χ0v) is 13.4. The first-order valence-corrected chi connectivity index (χ1v) is 8.09. The highest BCUT2D eigenvalue weighted by molar-refractivity contribution is 6.31. The van der Waals surface area contributed by atoms with Gasteiger partial charge >= 0.3 is 0 Å². The SMILES string of the molecule is O=C(Cc1c(F)cccc1Cl)Nc1ccccc1N1CCCC1. The smallest absolute Gasteiger partial charge is 0.229 e. The molecule has 0 atom stereocenters. The summed E-state index contributed by atoms with van der Waals surface area (Å²) in [6, 6.07) is 12.1. The molecule has 3 rings (SSSR count). The zero-order valence-electron chi connectivity index (χ0n) is 12.7. The second-order valence-corrected chi connectivity index (χ2v) is 6.04. The van der Waals surface area contributed by atoms with Gasteiger partial charge in [-0.05, 0) is 37.1 Å². The summed E-state index contributed by atoms with van der Waals surface area (Å²) in [4.78, 5) is 14.6. The molecule has 5 heteroatoms. The second-order valence-electron chi connectivity index (χ2n) is 5.64. The highest BCUT2D eigenvalue weighted by atomic mass is 35.5. The Hall–Kier alpha value is -2.07. The molecule has 0 spiro atoms. The molecule has 23 heavy (non-hydrogen) atoms. The molecular formula is C18H18ClFN2O. The molecule has 1 amide bonds. The summed E-state index contributed by atoms with van der Waals surface area (Å²) >= 11 is 5.98. The molecule has 0 aromatic heterocycles. The number of nitrogens with one attached hydrogen (secondary N) is 1. The Labute approximate surface area is 140 Å². The minimum atomic E-state index is -0.458. The normalized spacial score (nSPS) is 14.1. The van der Waals surface area contributed by atoms with E-state index in [0.29, 0.717) is 0 Å². The molecule has 0 unspecified atom stereocenters. The van der Waals surface area contributed by atoms with Crippen molar-refractivity contribution in [3.05, 3.63) is 58.9 Å². The summed E-state index contributed by atoms with van der Waals surface area (Å²) < 4.78 is 13.8. The third-order valence-electron chi connectivity index (χ3n) is 4.02. The van der Waals surface area contributed by atoms with E-state index in [-0.39, 0.29) is 22.9 Å². The van der Waals surface area contributed by atoms with Crippen LogP contribution in [0, 0.1) is 5.82 Å². The lowest BCUT2D eigenvalue weighted by molar-refractivity contribution is -0.115. The quantitative estimate of drug-likeness (QED) is 0.907. The van der Waals surface area contributed by atoms with E-state index in [1.165, 1.54) is 12.1 Å². The number of halogens is 2. The van der Waals surface area contributed by atoms with Crippen molar-refractivity contribution in [2.75, 3.05) is 23.3 Å². The van der Waals surface area contributed by atoms with Crippen LogP contribution in [0.25, 0.3) is 0 Å². The Morgan fingerprint density at radius 1 is 1.13 bits per heavy atom. The lowest BCUT2D eigenvalue weighted by Crippen LogP contribution is -2.22. The van der Waals surface area contributed by atoms with Gasteiger partial charge in [0.1, 0.15) is 5.82 Å². The maximum absolute atomic E-state index is 13.8. The van der Waals surface area contributed by atoms with Crippen LogP contribution in [0.5, 0.6) is 0 Å². The van der Waals surface area contributed by atoms with Crippen molar-refractivity contribution in [3.63, 3.8) is 0 Å². The maximum atomic E-state index is 13.8. The van der Waals surface area contributed by atoms with Gasteiger partial charge in [0.05, 0.1) is 17.8 Å². The molecule has 0 aliphatic carbocycles. The summed E-state index contributed by atoms with van der Waals surface area (Å²) in [5.41, 5.74) is 2.00. The fraction of sp³-hybridized carbons (Fsp3) is 0.278. The minimum absolute atomic E-state index is 0.0835. The maximum Gasteiger partial charge on any atom is 0.229 e. The highest BCUT2D eigenvalue weighted by Crippen LogP contribution is 2.29. The van der Waals surface area contributed by atoms with Crippen LogP contribution in [0.2, 0.25) is 5.02 Å². The molecule has 2 aromatic carbocycles. The van der Waals surface area contributed by atoms with Crippen LogP contribution in [0.15, 0.2) is 42.5 Å². The van der Waals surface area contributed by atoms with Crippen LogP contribution in [0.3, 0.4) is 0 Å². The topological polar surface area (TPSA) is 32.3 Å². The average Bonchev–Trinajstić information content (AvgIpc) is 3.06. The van der Waals surface area contributed by atoms with E-state index in [9.17, 15) is 9.18 Å². The predicted molar refractivity (Wildman–Crippen MR) is 91.6 cm³/mol. The number of rotatable bonds is 4. The zero-order chi connectivity index (χ0) is 16.2. The number of carbonyl (C=O) groups excluding carboxylic acids is 1. The molecule has 0 saturated carbocycles. The van der Waals surface area contributed by atoms with Crippen LogP contribution in [-0.4, -0.2) is 19.0 Å². The van der Waals surface area contributed by atoms with E-state index in [0.717, 1.165) is 37.3 Å². The summed E-state index contributed by atoms with van der Waals surface area (Å²) in [5, 5.41) is 3.16. The Morgan fingerprint density at radius 3 is 2.61 bits per heavy atom. The van der Waals surface area contributed by atoms with Crippen molar-refractivity contribution in [1.29, 1.82) is 0 Å². The van der Waals surface area contributed by atoms with Gasteiger partial charge in [-0.1, -0.05) is 29.8 Å². The number of benzene rings is 2. The number of hydrogen-bond donors (Lipinski definition) is 1. The fourth-order valence-corrected chi connectivity index (χ4v) is 3.10. The van der Waals surface area contributed by atoms with E-state index in [1.807, 2.05) is 24.3 Å². The number of nitrogens with zero attached hydrogens (tertiary/aromatic N) is 1. The Kier molecular flexibility index (Phi) is 4.82. The Morgan fingerprint density at radius 2 is 1.87 bits per heavy atom. The number of carbonyl (C=O) groups is 1. The van der Waals surface area contributed by atoms with Gasteiger partial charge in [0.15, 0.2) is 0 Å². The molecule has 0 bridgehead atoms. The van der Waals surface area contributed by atoms with Gasteiger partial charge in [0, 0.05) is 23.7 Å². The van der Waals surface area contributed by atoms with Gasteiger partial charge in [-0.3, -0.25) is 4.79 Å². The summed E-state index contributed by atoms with van der Waals surface area (Å²) in [7, 11) is 0. The van der Waals surface area contributed by atoms with Crippen LogP contribution in [0.1, 0.15) is 18.4 Å². The standard InChI is InChI=1S/C18H18ClFN2O/c19-14-6-5-7-15(20)13(14)12-18(23)21-16-8-1-2-9-17(16)22-10-3-4-11-22/h1-2,5-9H,3-4,10-12H2,(H,21,23). The van der Waals surface area contributed by atoms with E-state index >= 15 is 0 Å². The summed E-state index contributed by atoms with van der Waals surface area (Å²) in [6.45, 7) is 1.98. The van der Waals surface area contributed by atoms with Crippen LogP contribution in [0.4, 0.5) is 15.8 Å². The molecular weight excluding hydrogens is 315 g/mol. The minimum Gasteiger partial charge on any atom is -0.370 e. The van der Waals surface area contributed by atoms with Crippen LogP contribution < -0.4 is 10.2 Å². The van der Waals surface area contributed by atoms with Crippen molar-refractivity contribution < 1.29 is 9.18 Å². The first-order valence-electron chi connectivity index (χ1n) is 7.72. The second kappa shape index (κ2) is 7.01. The Balaban J connectivity index is 1.76. The van der Waals surface area contributed by atoms with Crippen LogP contribution >= 0.6 is 11.6 Å². The van der Waals surface area contributed by atoms with E-state index < -0.39 is 5.82 Å². The lowest BCUT2D eigenvalue weighted by Gasteiger charge is -2.21. The molecule has 2 aromatic rings. The van der Waals surface area contributed by atoms with E-state index in [1.54, 1.807) is 6.07 Å². The van der Waals surface area contributed by atoms with Gasteiger partial charge in [0.25, 0.3) is 0 Å². The van der Waals surface area contributed by atoms with Gasteiger partial charge < -0.3 is 10.2 Å². The summed E-state index contributed by atoms with van der Waals surface area (Å²) in [5.74, 6) is -0.732. The van der Waals surface area contributed by atoms with Crippen molar-refractivity contribution >= 4 is 28.9 Å². The van der Waals surface area contributed by atoms with Gasteiger partial charge in [-0.25, -0.2) is 4.39 Å². The molecule has 1 N–H and O–H groups in total. The molecule has 3 nitrogen and oxygen atoms in total. The molecule has 1 aliphatic rings. The molecule has 1 saturated heterocycles. The van der Waals surface area contributed by atoms with Gasteiger partial charge in [-0.2, -0.15) is 0 Å². The number of hydrogen-bond acceptors (Lipinski definition) is 2. The number of amides is 1. The first-order chi connectivity index (χ1) is 11.1. The molecule has 0 radical (unpaired) electrons. The van der Waals surface area contributed by atoms with Crippen molar-refractivity contribution in [2.24, 2.45) is 0 Å². The van der Waals surface area contributed by atoms with Crippen LogP contribution in [-0.2, 0) is 11.2 Å². The lowest BCUT2D eigenvalue weighted by atomic mass is 10.1. The largest absolute Gasteiger partial charge is 0.370 e. The number of anilines is 2. The van der Waals surface area contributed by atoms with Gasteiger partial charge in [-0.15, -0.1) is 0 Å². The van der Waals surface area contributed by atoms with Crippen molar-refractivity contribution in [2.45, 2.75) is 19.3 Å². The Bertz CT molecular complexity index is 694. The number of para-hydroxylation sites is 2. The average molecular weight is 333 g/mol. The van der Waals surface area contributed by atoms with Crippen molar-refractivity contribution in [1.82, 2.24) is 0 Å². The molecule has 1 heterocycles. The first kappa shape index (κ1) is 15.8. The molecule has 1 aliphatic heterocycles. The van der Waals surface area contributed by atoms with E-state index in [2.05, 4.69) is 10.2 Å². The predicted octanol–water partition coefficient (Wildman–Crippen LogP) is 4.26. The van der Waals surface area contributed by atoms with Crippen molar-refractivity contribution in [3.8, 4) is 0 Å².